The van der Waals surface area contributed by atoms with Crippen molar-refractivity contribution in [3.8, 4) is 0 Å². The zero-order valence-electron chi connectivity index (χ0n) is 30.2. The van der Waals surface area contributed by atoms with Crippen LogP contribution in [-0.2, 0) is 61.3 Å². The molecule has 14 nitrogen and oxygen atoms in total. The summed E-state index contributed by atoms with van der Waals surface area (Å²) in [5.74, 6) is 0. The van der Waals surface area contributed by atoms with Crippen LogP contribution in [0.3, 0.4) is 0 Å². The first-order valence-electron chi connectivity index (χ1n) is 17.3. The maximum atomic E-state index is 12.3. The van der Waals surface area contributed by atoms with Gasteiger partial charge >= 0.3 is 43.2 Å². The second kappa shape index (κ2) is 24.1. The Labute approximate surface area is 341 Å². The summed E-state index contributed by atoms with van der Waals surface area (Å²) in [6.07, 6.45) is 3.60. The Morgan fingerprint density at radius 2 is 1.12 bits per heavy atom. The second-order valence-corrected chi connectivity index (χ2v) is 16.2. The number of nitrogens with two attached hydrogens (primary N) is 1. The smallest absolute Gasteiger partial charge is 0.445 e. The van der Waals surface area contributed by atoms with Crippen molar-refractivity contribution < 1.29 is 80.8 Å². The molecule has 5 N–H and O–H groups in total. The maximum absolute atomic E-state index is 12.3. The SMILES string of the molecule is C.NC[C@@H]1CCCN1C(=O)OCc1ccccc1.O=C(OCc1ccccc1)N1CCC[C@H]1CNS(=O)(=O)C(F)(F)F.O=S(=O)(NC[C@@H]1CCCN1)C(F)(F)F.[V]. The number of hydrogen-bond acceptors (Lipinski definition) is 10. The molecule has 3 saturated heterocycles. The van der Waals surface area contributed by atoms with Gasteiger partial charge in [-0.2, -0.15) is 26.3 Å². The first-order chi connectivity index (χ1) is 25.8. The van der Waals surface area contributed by atoms with Crippen LogP contribution in [0.4, 0.5) is 35.9 Å². The minimum absolute atomic E-state index is 0. The van der Waals surface area contributed by atoms with E-state index in [1.807, 2.05) is 36.4 Å². The number of benzene rings is 2. The van der Waals surface area contributed by atoms with E-state index in [1.54, 1.807) is 29.2 Å². The van der Waals surface area contributed by atoms with Crippen LogP contribution in [0, 0.1) is 0 Å². The number of sulfonamides is 2. The number of nitrogens with one attached hydrogen (secondary N) is 3. The monoisotopic (exact) mass is 899 g/mol. The second-order valence-electron chi connectivity index (χ2n) is 12.7. The molecule has 3 aliphatic rings. The average molecular weight is 900 g/mol. The summed E-state index contributed by atoms with van der Waals surface area (Å²) in [5.41, 5.74) is -3.19. The summed E-state index contributed by atoms with van der Waals surface area (Å²) < 4.78 is 129. The van der Waals surface area contributed by atoms with Crippen molar-refractivity contribution in [2.75, 3.05) is 39.3 Å². The summed E-state index contributed by atoms with van der Waals surface area (Å²) in [4.78, 5) is 26.9. The van der Waals surface area contributed by atoms with Crippen LogP contribution in [0.25, 0.3) is 0 Å². The number of carbonyl (C=O) groups is 2. The number of halogens is 6. The molecule has 323 valence electrons. The standard InChI is InChI=1S/C14H17F3N2O4S.C13H18N2O2.C6H11F3N2O2S.CH4.V/c15-14(16,17)24(21,22)18-9-12-7-4-8-19(12)13(20)23-10-11-5-2-1-3-6-11;14-9-12-7-4-8-15(12)13(16)17-10-11-5-2-1-3-6-11;7-6(8,9)14(12,13)11-4-5-2-1-3-10-5;;/h1-3,5-6,12,18H,4,7-10H2;1-3,5-6,12H,4,7-10,14H2;5,10-11H,1-4H2;1H4;/t2*12-;5-;;/m000../s1. The van der Waals surface area contributed by atoms with Gasteiger partial charge in [0.2, 0.25) is 0 Å². The number of nitrogens with zero attached hydrogens (tertiary/aromatic N) is 2. The molecule has 3 atom stereocenters. The zero-order chi connectivity index (χ0) is 40.7. The molecule has 0 bridgehead atoms. The molecule has 2 amide bonds. The molecule has 0 spiro atoms. The van der Waals surface area contributed by atoms with Crippen LogP contribution in [0.2, 0.25) is 0 Å². The number of hydrogen-bond donors (Lipinski definition) is 4. The third kappa shape index (κ3) is 16.9. The van der Waals surface area contributed by atoms with Crippen LogP contribution < -0.4 is 20.5 Å². The van der Waals surface area contributed by atoms with Crippen LogP contribution in [-0.4, -0.2) is 107 Å². The molecule has 2 aromatic carbocycles. The van der Waals surface area contributed by atoms with Gasteiger partial charge in [-0.3, -0.25) is 0 Å². The predicted molar refractivity (Wildman–Crippen MR) is 195 cm³/mol. The van der Waals surface area contributed by atoms with E-state index in [1.165, 1.54) is 14.3 Å². The Kier molecular flexibility index (Phi) is 21.9. The molecule has 0 aromatic heterocycles. The van der Waals surface area contributed by atoms with E-state index < -0.39 is 49.7 Å². The molecule has 0 aliphatic carbocycles. The minimum Gasteiger partial charge on any atom is -0.445 e. The predicted octanol–water partition coefficient (Wildman–Crippen LogP) is 4.78. The van der Waals surface area contributed by atoms with E-state index in [9.17, 15) is 52.8 Å². The summed E-state index contributed by atoms with van der Waals surface area (Å²) in [6.45, 7) is 1.97. The number of likely N-dealkylation sites (tertiary alicyclic amines) is 2. The molecule has 23 heteroatoms. The third-order valence-electron chi connectivity index (χ3n) is 8.71. The summed E-state index contributed by atoms with van der Waals surface area (Å²) in [6, 6.07) is 17.9. The molecule has 3 aliphatic heterocycles. The number of alkyl halides is 6. The summed E-state index contributed by atoms with van der Waals surface area (Å²) in [5, 5.41) is 2.89. The van der Waals surface area contributed by atoms with Crippen LogP contribution >= 0.6 is 0 Å². The number of carbonyl (C=O) groups excluding carboxylic acids is 2. The number of ether oxygens (including phenoxy) is 2. The van der Waals surface area contributed by atoms with Crippen molar-refractivity contribution >= 4 is 32.2 Å². The molecule has 3 heterocycles. The molecule has 1 radical (unpaired) electrons. The molecule has 2 aromatic rings. The van der Waals surface area contributed by atoms with Crippen molar-refractivity contribution in [3.63, 3.8) is 0 Å². The largest absolute Gasteiger partial charge is 0.511 e. The molecule has 57 heavy (non-hydrogen) atoms. The van der Waals surface area contributed by atoms with E-state index in [0.29, 0.717) is 39.0 Å². The quantitative estimate of drug-likeness (QED) is 0.229. The van der Waals surface area contributed by atoms with Crippen molar-refractivity contribution in [1.29, 1.82) is 0 Å². The fourth-order valence-corrected chi connectivity index (χ4v) is 6.88. The molecule has 0 saturated carbocycles. The molecular formula is C34H50F6N6O8S2V. The van der Waals surface area contributed by atoms with Gasteiger partial charge in [0.05, 0.1) is 0 Å². The van der Waals surface area contributed by atoms with Crippen LogP contribution in [0.1, 0.15) is 57.1 Å². The van der Waals surface area contributed by atoms with Gasteiger partial charge in [0, 0.05) is 69.4 Å². The van der Waals surface area contributed by atoms with E-state index in [-0.39, 0.29) is 57.3 Å². The molecule has 5 rings (SSSR count). The van der Waals surface area contributed by atoms with Crippen molar-refractivity contribution in [2.45, 2.75) is 88.3 Å². The topological polar surface area (TPSA) is 189 Å². The third-order valence-corrected chi connectivity index (χ3v) is 11.0. The van der Waals surface area contributed by atoms with Crippen molar-refractivity contribution in [3.05, 3.63) is 71.8 Å². The fourth-order valence-electron chi connectivity index (χ4n) is 5.72. The van der Waals surface area contributed by atoms with Gasteiger partial charge in [-0.1, -0.05) is 68.1 Å². The van der Waals surface area contributed by atoms with Gasteiger partial charge < -0.3 is 30.3 Å². The fraction of sp³-hybridized carbons (Fsp3) is 0.588. The first-order valence-corrected chi connectivity index (χ1v) is 20.3. The van der Waals surface area contributed by atoms with Crippen LogP contribution in [0.15, 0.2) is 60.7 Å². The van der Waals surface area contributed by atoms with Gasteiger partial charge in [0.15, 0.2) is 0 Å². The maximum Gasteiger partial charge on any atom is 0.511 e. The summed E-state index contributed by atoms with van der Waals surface area (Å²) in [7, 11) is -10.6. The number of amides is 2. The zero-order valence-corrected chi connectivity index (χ0v) is 33.2. The molecule has 3 fully saturated rings. The molecule has 0 unspecified atom stereocenters. The Bertz CT molecular complexity index is 1710. The van der Waals surface area contributed by atoms with E-state index in [0.717, 1.165) is 43.5 Å². The van der Waals surface area contributed by atoms with Gasteiger partial charge in [-0.15, -0.1) is 0 Å². The number of rotatable bonds is 11. The van der Waals surface area contributed by atoms with Gasteiger partial charge in [-0.05, 0) is 56.2 Å². The van der Waals surface area contributed by atoms with Gasteiger partial charge in [-0.25, -0.2) is 35.9 Å². The Balaban J connectivity index is 0.000000437. The average Bonchev–Trinajstić information content (AvgIpc) is 3.94. The van der Waals surface area contributed by atoms with E-state index >= 15 is 0 Å². The minimum atomic E-state index is -5.42. The van der Waals surface area contributed by atoms with Crippen LogP contribution in [0.5, 0.6) is 0 Å². The van der Waals surface area contributed by atoms with Crippen molar-refractivity contribution in [1.82, 2.24) is 24.6 Å². The van der Waals surface area contributed by atoms with Gasteiger partial charge in [0.25, 0.3) is 0 Å². The van der Waals surface area contributed by atoms with Gasteiger partial charge in [0.1, 0.15) is 13.2 Å². The Morgan fingerprint density at radius 1 is 0.702 bits per heavy atom. The van der Waals surface area contributed by atoms with E-state index in [4.69, 9.17) is 15.2 Å². The van der Waals surface area contributed by atoms with E-state index in [2.05, 4.69) is 5.32 Å². The Morgan fingerprint density at radius 3 is 1.53 bits per heavy atom. The molecular weight excluding hydrogens is 849 g/mol. The van der Waals surface area contributed by atoms with Crippen molar-refractivity contribution in [2.24, 2.45) is 5.73 Å². The normalized spacial score (nSPS) is 19.5. The first kappa shape index (κ1) is 51.9. The Hall–Kier alpha value is -3.12. The summed E-state index contributed by atoms with van der Waals surface area (Å²) >= 11 is 0.